The van der Waals surface area contributed by atoms with Crippen molar-refractivity contribution in [2.45, 2.75) is 90.1 Å². The van der Waals surface area contributed by atoms with Crippen LogP contribution in [0.1, 0.15) is 91.8 Å². The van der Waals surface area contributed by atoms with Crippen LogP contribution in [0.25, 0.3) is 0 Å². The van der Waals surface area contributed by atoms with Gasteiger partial charge in [0.05, 0.1) is 0 Å². The number of hydrogen-bond donors (Lipinski definition) is 1. The molecule has 2 aliphatic rings. The molecule has 1 aromatic heterocycles. The maximum absolute atomic E-state index is 12.6. The molecule has 1 saturated carbocycles. The van der Waals surface area contributed by atoms with Gasteiger partial charge in [0.15, 0.2) is 5.76 Å². The van der Waals surface area contributed by atoms with Crippen molar-refractivity contribution in [3.8, 4) is 0 Å². The van der Waals surface area contributed by atoms with Gasteiger partial charge in [-0.2, -0.15) is 0 Å². The van der Waals surface area contributed by atoms with E-state index in [9.17, 15) is 14.4 Å². The van der Waals surface area contributed by atoms with Crippen molar-refractivity contribution in [1.29, 1.82) is 0 Å². The number of furan rings is 1. The first-order valence-corrected chi connectivity index (χ1v) is 12.8. The fraction of sp³-hybridized carbons (Fsp3) is 0.552. The van der Waals surface area contributed by atoms with Crippen LogP contribution in [0.5, 0.6) is 0 Å². The molecule has 1 saturated heterocycles. The molecule has 1 amide bonds. The maximum atomic E-state index is 12.6. The van der Waals surface area contributed by atoms with Crippen LogP contribution < -0.4 is 5.32 Å². The summed E-state index contributed by atoms with van der Waals surface area (Å²) >= 11 is 0. The molecule has 1 atom stereocenters. The Morgan fingerprint density at radius 2 is 1.89 bits per heavy atom. The average molecular weight is 480 g/mol. The number of carbonyl (C=O) groups is 3. The summed E-state index contributed by atoms with van der Waals surface area (Å²) in [4.78, 5) is 37.1. The second kappa shape index (κ2) is 10.00. The van der Waals surface area contributed by atoms with Crippen LogP contribution in [0.3, 0.4) is 0 Å². The number of nitrogens with one attached hydrogen (secondary N) is 1. The van der Waals surface area contributed by atoms with Gasteiger partial charge in [0.1, 0.15) is 23.6 Å². The van der Waals surface area contributed by atoms with Gasteiger partial charge in [0, 0.05) is 18.4 Å². The monoisotopic (exact) mass is 479 g/mol. The van der Waals surface area contributed by atoms with E-state index < -0.39 is 5.60 Å². The van der Waals surface area contributed by atoms with Crippen molar-refractivity contribution < 1.29 is 23.5 Å². The number of rotatable bonds is 8. The van der Waals surface area contributed by atoms with Crippen LogP contribution in [0.15, 0.2) is 34.7 Å². The lowest BCUT2D eigenvalue weighted by atomic mass is 9.75. The number of benzene rings is 1. The highest BCUT2D eigenvalue weighted by atomic mass is 16.6. The van der Waals surface area contributed by atoms with Crippen LogP contribution in [-0.4, -0.2) is 29.8 Å². The fourth-order valence-electron chi connectivity index (χ4n) is 5.56. The van der Waals surface area contributed by atoms with Crippen LogP contribution in [0.4, 0.5) is 0 Å². The van der Waals surface area contributed by atoms with Gasteiger partial charge in [-0.25, -0.2) is 0 Å². The molecule has 1 N–H and O–H groups in total. The number of ketones is 1. The van der Waals surface area contributed by atoms with E-state index in [1.165, 1.54) is 0 Å². The Bertz CT molecular complexity index is 1070. The highest BCUT2D eigenvalue weighted by Crippen LogP contribution is 2.44. The molecule has 1 unspecified atom stereocenters. The first-order valence-electron chi connectivity index (χ1n) is 12.8. The Balaban J connectivity index is 1.44. The molecular weight excluding hydrogens is 442 g/mol. The Hall–Kier alpha value is -2.89. The number of hydrogen-bond acceptors (Lipinski definition) is 5. The highest BCUT2D eigenvalue weighted by Gasteiger charge is 2.47. The molecular formula is C29H37NO5. The molecule has 188 valence electrons. The molecule has 1 aromatic carbocycles. The largest absolute Gasteiger partial charge is 0.458 e. The van der Waals surface area contributed by atoms with Crippen molar-refractivity contribution in [3.63, 3.8) is 0 Å². The van der Waals surface area contributed by atoms with Gasteiger partial charge < -0.3 is 14.5 Å². The molecule has 4 rings (SSSR count). The number of ether oxygens (including phenoxy) is 1. The average Bonchev–Trinajstić information content (AvgIpc) is 3.47. The van der Waals surface area contributed by atoms with Crippen molar-refractivity contribution in [1.82, 2.24) is 5.32 Å². The molecule has 6 nitrogen and oxygen atoms in total. The third-order valence-corrected chi connectivity index (χ3v) is 7.88. The normalized spacial score (nSPS) is 21.3. The molecule has 2 heterocycles. The van der Waals surface area contributed by atoms with Gasteiger partial charge in [-0.05, 0) is 68.2 Å². The molecule has 0 radical (unpaired) electrons. The summed E-state index contributed by atoms with van der Waals surface area (Å²) in [6, 6.07) is 10.1. The molecule has 2 aromatic rings. The van der Waals surface area contributed by atoms with Crippen LogP contribution in [-0.2, 0) is 26.2 Å². The summed E-state index contributed by atoms with van der Waals surface area (Å²) in [5, 5.41) is 3.01. The zero-order valence-electron chi connectivity index (χ0n) is 21.4. The van der Waals surface area contributed by atoms with Gasteiger partial charge in [0.25, 0.3) is 5.91 Å². The van der Waals surface area contributed by atoms with E-state index in [0.717, 1.165) is 54.6 Å². The van der Waals surface area contributed by atoms with Gasteiger partial charge in [-0.1, -0.05) is 51.0 Å². The Morgan fingerprint density at radius 1 is 1.14 bits per heavy atom. The number of Topliss-reactive ketones (excluding diaryl/α,β-unsaturated/α-hetero) is 1. The van der Waals surface area contributed by atoms with Gasteiger partial charge in [0.2, 0.25) is 0 Å². The minimum Gasteiger partial charge on any atom is -0.458 e. The van der Waals surface area contributed by atoms with E-state index in [2.05, 4.69) is 37.4 Å². The van der Waals surface area contributed by atoms with Gasteiger partial charge in [-0.15, -0.1) is 0 Å². The summed E-state index contributed by atoms with van der Waals surface area (Å²) in [6.45, 7) is 8.44. The summed E-state index contributed by atoms with van der Waals surface area (Å²) in [7, 11) is 0. The van der Waals surface area contributed by atoms with Crippen molar-refractivity contribution in [2.75, 3.05) is 6.54 Å². The van der Waals surface area contributed by atoms with Crippen LogP contribution >= 0.6 is 0 Å². The summed E-state index contributed by atoms with van der Waals surface area (Å²) < 4.78 is 11.5. The second-order valence-electron chi connectivity index (χ2n) is 11.0. The maximum Gasteiger partial charge on any atom is 0.313 e. The number of esters is 1. The standard InChI is InChI=1S/C29H37NO5/c1-19-14-25(34-20(19)2)27(33)30-18-28(3,4)23-11-7-8-21(15-23)12-13-29(22-9-5-6-10-22)17-24(31)16-26(32)35-29/h7-8,11,14-15,22H,5-6,9-10,12-13,16-18H2,1-4H3,(H,30,33). The summed E-state index contributed by atoms with van der Waals surface area (Å²) in [6.07, 6.45) is 5.93. The van der Waals surface area contributed by atoms with Crippen LogP contribution in [0, 0.1) is 19.8 Å². The van der Waals surface area contributed by atoms with E-state index in [1.807, 2.05) is 19.9 Å². The third-order valence-electron chi connectivity index (χ3n) is 7.88. The van der Waals surface area contributed by atoms with E-state index in [0.29, 0.717) is 25.1 Å². The second-order valence-corrected chi connectivity index (χ2v) is 11.0. The number of cyclic esters (lactones) is 1. The van der Waals surface area contributed by atoms with E-state index in [-0.39, 0.29) is 35.4 Å². The lowest BCUT2D eigenvalue weighted by molar-refractivity contribution is -0.178. The Morgan fingerprint density at radius 3 is 2.54 bits per heavy atom. The molecule has 35 heavy (non-hydrogen) atoms. The minimum absolute atomic E-state index is 0.000667. The first kappa shape index (κ1) is 25.2. The fourth-order valence-corrected chi connectivity index (χ4v) is 5.56. The van der Waals surface area contributed by atoms with Crippen LogP contribution in [0.2, 0.25) is 0 Å². The van der Waals surface area contributed by atoms with Gasteiger partial charge >= 0.3 is 5.97 Å². The molecule has 0 spiro atoms. The number of aryl methyl sites for hydroxylation is 3. The van der Waals surface area contributed by atoms with E-state index in [1.54, 1.807) is 6.07 Å². The van der Waals surface area contributed by atoms with Crippen molar-refractivity contribution in [2.24, 2.45) is 5.92 Å². The Kier molecular flexibility index (Phi) is 7.20. The van der Waals surface area contributed by atoms with E-state index in [4.69, 9.17) is 9.15 Å². The summed E-state index contributed by atoms with van der Waals surface area (Å²) in [5.41, 5.74) is 2.27. The third kappa shape index (κ3) is 5.68. The smallest absolute Gasteiger partial charge is 0.313 e. The van der Waals surface area contributed by atoms with E-state index >= 15 is 0 Å². The SMILES string of the molecule is Cc1cc(C(=O)NCC(C)(C)c2cccc(CCC3(C4CCCC4)CC(=O)CC(=O)O3)c2)oc1C. The Labute approximate surface area is 207 Å². The highest BCUT2D eigenvalue weighted by molar-refractivity contribution is 5.98. The molecule has 0 bridgehead atoms. The molecule has 1 aliphatic heterocycles. The molecule has 1 aliphatic carbocycles. The van der Waals surface area contributed by atoms with Crippen molar-refractivity contribution >= 4 is 17.7 Å². The number of carbonyl (C=O) groups excluding carboxylic acids is 3. The number of amides is 1. The zero-order chi connectivity index (χ0) is 25.2. The predicted molar refractivity (Wildman–Crippen MR) is 133 cm³/mol. The summed E-state index contributed by atoms with van der Waals surface area (Å²) in [5.74, 6) is 0.759. The zero-order valence-corrected chi connectivity index (χ0v) is 21.4. The molecule has 6 heteroatoms. The van der Waals surface area contributed by atoms with Crippen molar-refractivity contribution in [3.05, 3.63) is 58.5 Å². The predicted octanol–water partition coefficient (Wildman–Crippen LogP) is 5.37. The minimum atomic E-state index is -0.665. The molecule has 2 fully saturated rings. The first-order chi connectivity index (χ1) is 16.6. The van der Waals surface area contributed by atoms with Gasteiger partial charge in [-0.3, -0.25) is 14.4 Å². The lowest BCUT2D eigenvalue weighted by Crippen LogP contribution is -2.48. The quantitative estimate of drug-likeness (QED) is 0.406. The topological polar surface area (TPSA) is 85.6 Å². The lowest BCUT2D eigenvalue weighted by Gasteiger charge is -2.41.